The maximum atomic E-state index is 11.6. The molecule has 0 unspecified atom stereocenters. The molecule has 5 heteroatoms. The number of methoxy groups -OCH3 is 1. The van der Waals surface area contributed by atoms with E-state index in [1.54, 1.807) is 13.3 Å². The lowest BCUT2D eigenvalue weighted by molar-refractivity contribution is -0.0599. The first kappa shape index (κ1) is 12.8. The fraction of sp³-hybridized carbons (Fsp3) is 0.667. The van der Waals surface area contributed by atoms with Crippen molar-refractivity contribution in [2.75, 3.05) is 7.11 Å². The Bertz CT molecular complexity index is 450. The molecule has 1 heterocycles. The molecule has 17 heavy (non-hydrogen) atoms. The van der Waals surface area contributed by atoms with E-state index >= 15 is 0 Å². The van der Waals surface area contributed by atoms with Crippen LogP contribution in [0.2, 0.25) is 0 Å². The molecule has 4 nitrogen and oxygen atoms in total. The van der Waals surface area contributed by atoms with Crippen LogP contribution in [-0.4, -0.2) is 17.1 Å². The van der Waals surface area contributed by atoms with Gasteiger partial charge in [-0.1, -0.05) is 6.92 Å². The predicted molar refractivity (Wildman–Crippen MR) is 68.9 cm³/mol. The zero-order chi connectivity index (χ0) is 12.5. The zero-order valence-corrected chi connectivity index (χ0v) is 11.7. The van der Waals surface area contributed by atoms with Crippen LogP contribution in [0.3, 0.4) is 0 Å². The van der Waals surface area contributed by atoms with E-state index in [1.165, 1.54) is 0 Å². The molecule has 0 aliphatic heterocycles. The van der Waals surface area contributed by atoms with Gasteiger partial charge in [-0.05, 0) is 47.5 Å². The summed E-state index contributed by atoms with van der Waals surface area (Å²) in [7, 11) is 1.69. The van der Waals surface area contributed by atoms with Gasteiger partial charge in [0.15, 0.2) is 0 Å². The van der Waals surface area contributed by atoms with E-state index in [0.29, 0.717) is 10.3 Å². The lowest BCUT2D eigenvalue weighted by Gasteiger charge is -2.37. The van der Waals surface area contributed by atoms with Crippen LogP contribution in [0, 0.1) is 5.92 Å². The lowest BCUT2D eigenvalue weighted by atomic mass is 9.79. The summed E-state index contributed by atoms with van der Waals surface area (Å²) < 4.78 is 6.12. The largest absolute Gasteiger partial charge is 0.370 e. The molecule has 0 bridgehead atoms. The van der Waals surface area contributed by atoms with Crippen molar-refractivity contribution in [3.63, 3.8) is 0 Å². The Balaban J connectivity index is 2.34. The van der Waals surface area contributed by atoms with Crippen molar-refractivity contribution in [3.05, 3.63) is 26.8 Å². The molecule has 1 aromatic heterocycles. The van der Waals surface area contributed by atoms with Gasteiger partial charge in [-0.15, -0.1) is 0 Å². The number of halogens is 1. The van der Waals surface area contributed by atoms with Crippen LogP contribution < -0.4 is 5.56 Å². The summed E-state index contributed by atoms with van der Waals surface area (Å²) in [5.41, 5.74) is -0.558. The number of H-pyrrole nitrogens is 1. The van der Waals surface area contributed by atoms with E-state index in [4.69, 9.17) is 4.74 Å². The van der Waals surface area contributed by atoms with Gasteiger partial charge < -0.3 is 9.72 Å². The van der Waals surface area contributed by atoms with Crippen LogP contribution >= 0.6 is 15.9 Å². The molecule has 94 valence electrons. The molecule has 1 N–H and O–H groups in total. The fourth-order valence-corrected chi connectivity index (χ4v) is 2.58. The SMILES string of the molecule is COC1(c2ncc(Br)c(=O)[nH]2)CCC(C)CC1. The summed E-state index contributed by atoms with van der Waals surface area (Å²) in [4.78, 5) is 18.7. The van der Waals surface area contributed by atoms with E-state index in [0.717, 1.165) is 31.6 Å². The van der Waals surface area contributed by atoms with Crippen molar-refractivity contribution in [3.8, 4) is 0 Å². The molecule has 1 aliphatic rings. The molecule has 1 fully saturated rings. The van der Waals surface area contributed by atoms with Crippen LogP contribution in [0.4, 0.5) is 0 Å². The molecule has 1 saturated carbocycles. The van der Waals surface area contributed by atoms with E-state index < -0.39 is 5.60 Å². The quantitative estimate of drug-likeness (QED) is 0.913. The van der Waals surface area contributed by atoms with Crippen molar-refractivity contribution < 1.29 is 4.74 Å². The van der Waals surface area contributed by atoms with Crippen LogP contribution in [0.1, 0.15) is 38.4 Å². The number of ether oxygens (including phenoxy) is 1. The average Bonchev–Trinajstić information content (AvgIpc) is 2.34. The molecule has 1 aliphatic carbocycles. The summed E-state index contributed by atoms with van der Waals surface area (Å²) >= 11 is 3.16. The smallest absolute Gasteiger partial charge is 0.265 e. The number of nitrogens with one attached hydrogen (secondary N) is 1. The van der Waals surface area contributed by atoms with E-state index in [1.807, 2.05) is 0 Å². The van der Waals surface area contributed by atoms with Crippen molar-refractivity contribution in [1.82, 2.24) is 9.97 Å². The maximum Gasteiger partial charge on any atom is 0.265 e. The Morgan fingerprint density at radius 1 is 1.53 bits per heavy atom. The summed E-state index contributed by atoms with van der Waals surface area (Å²) in [6, 6.07) is 0. The van der Waals surface area contributed by atoms with E-state index in [2.05, 4.69) is 32.8 Å². The van der Waals surface area contributed by atoms with Crippen LogP contribution in [-0.2, 0) is 10.3 Å². The first-order valence-electron chi connectivity index (χ1n) is 5.88. The number of aromatic amines is 1. The molecule has 0 saturated heterocycles. The minimum absolute atomic E-state index is 0.148. The fourth-order valence-electron chi connectivity index (χ4n) is 2.38. The highest BCUT2D eigenvalue weighted by Crippen LogP contribution is 2.40. The van der Waals surface area contributed by atoms with Crippen molar-refractivity contribution >= 4 is 15.9 Å². The highest BCUT2D eigenvalue weighted by atomic mass is 79.9. The van der Waals surface area contributed by atoms with Crippen molar-refractivity contribution in [1.29, 1.82) is 0 Å². The highest BCUT2D eigenvalue weighted by Gasteiger charge is 2.38. The van der Waals surface area contributed by atoms with Gasteiger partial charge in [0.25, 0.3) is 5.56 Å². The molecular formula is C12H17BrN2O2. The first-order valence-corrected chi connectivity index (χ1v) is 6.67. The third-order valence-electron chi connectivity index (χ3n) is 3.66. The van der Waals surface area contributed by atoms with Gasteiger partial charge in [-0.3, -0.25) is 4.79 Å². The summed E-state index contributed by atoms with van der Waals surface area (Å²) in [6.07, 6.45) is 5.58. The second-order valence-electron chi connectivity index (χ2n) is 4.79. The predicted octanol–water partition coefficient (Wildman–Crippen LogP) is 2.58. The van der Waals surface area contributed by atoms with Gasteiger partial charge in [0.1, 0.15) is 15.9 Å². The summed E-state index contributed by atoms with van der Waals surface area (Å²) in [5.74, 6) is 1.38. The topological polar surface area (TPSA) is 55.0 Å². The summed E-state index contributed by atoms with van der Waals surface area (Å²) in [6.45, 7) is 2.25. The molecule has 0 radical (unpaired) electrons. The van der Waals surface area contributed by atoms with Gasteiger partial charge in [-0.25, -0.2) is 4.98 Å². The number of hydrogen-bond donors (Lipinski definition) is 1. The Kier molecular flexibility index (Phi) is 3.68. The molecule has 0 amide bonds. The zero-order valence-electron chi connectivity index (χ0n) is 10.1. The maximum absolute atomic E-state index is 11.6. The second kappa shape index (κ2) is 4.90. The van der Waals surface area contributed by atoms with Crippen molar-refractivity contribution in [2.24, 2.45) is 5.92 Å². The monoisotopic (exact) mass is 300 g/mol. The highest BCUT2D eigenvalue weighted by molar-refractivity contribution is 9.10. The van der Waals surface area contributed by atoms with E-state index in [-0.39, 0.29) is 5.56 Å². The number of hydrogen-bond acceptors (Lipinski definition) is 3. The minimum atomic E-state index is -0.410. The number of aromatic nitrogens is 2. The molecule has 0 atom stereocenters. The Hall–Kier alpha value is -0.680. The van der Waals surface area contributed by atoms with Crippen LogP contribution in [0.5, 0.6) is 0 Å². The number of rotatable bonds is 2. The van der Waals surface area contributed by atoms with Gasteiger partial charge in [0, 0.05) is 13.3 Å². The average molecular weight is 301 g/mol. The third-order valence-corrected chi connectivity index (χ3v) is 4.22. The van der Waals surface area contributed by atoms with Crippen LogP contribution in [0.15, 0.2) is 15.5 Å². The molecular weight excluding hydrogens is 284 g/mol. The van der Waals surface area contributed by atoms with Gasteiger partial charge in [-0.2, -0.15) is 0 Å². The van der Waals surface area contributed by atoms with Crippen LogP contribution in [0.25, 0.3) is 0 Å². The Labute approximate surface area is 109 Å². The molecule has 0 spiro atoms. The minimum Gasteiger partial charge on any atom is -0.370 e. The molecule has 2 rings (SSSR count). The number of nitrogens with zero attached hydrogens (tertiary/aromatic N) is 1. The van der Waals surface area contributed by atoms with Gasteiger partial charge >= 0.3 is 0 Å². The third kappa shape index (κ3) is 2.45. The Morgan fingerprint density at radius 3 is 2.71 bits per heavy atom. The second-order valence-corrected chi connectivity index (χ2v) is 5.64. The standard InChI is InChI=1S/C12H17BrN2O2/c1-8-3-5-12(17-2,6-4-8)11-14-7-9(13)10(16)15-11/h7-8H,3-6H2,1-2H3,(H,14,15,16). The Morgan fingerprint density at radius 2 is 2.18 bits per heavy atom. The van der Waals surface area contributed by atoms with Gasteiger partial charge in [0.2, 0.25) is 0 Å². The molecule has 1 aromatic rings. The van der Waals surface area contributed by atoms with Gasteiger partial charge in [0.05, 0.1) is 0 Å². The lowest BCUT2D eigenvalue weighted by Crippen LogP contribution is -2.36. The molecule has 0 aromatic carbocycles. The summed E-state index contributed by atoms with van der Waals surface area (Å²) in [5, 5.41) is 0. The first-order chi connectivity index (χ1) is 8.07. The van der Waals surface area contributed by atoms with E-state index in [9.17, 15) is 4.79 Å². The van der Waals surface area contributed by atoms with Crippen molar-refractivity contribution in [2.45, 2.75) is 38.2 Å². The normalized spacial score (nSPS) is 29.2.